The molecule has 0 aromatic heterocycles. The largest absolute Gasteiger partial charge is 0.493 e. The van der Waals surface area contributed by atoms with Crippen LogP contribution >= 0.6 is 0 Å². The molecule has 0 aliphatic rings. The molecule has 0 N–H and O–H groups in total. The Hall–Kier alpha value is -3.41. The van der Waals surface area contributed by atoms with E-state index in [1.54, 1.807) is 49.6 Å². The minimum absolute atomic E-state index is 0.263. The molecule has 3 nitrogen and oxygen atoms in total. The third-order valence-corrected chi connectivity index (χ3v) is 4.00. The predicted molar refractivity (Wildman–Crippen MR) is 105 cm³/mol. The van der Waals surface area contributed by atoms with E-state index in [1.807, 2.05) is 18.2 Å². The molecule has 0 spiro atoms. The molecule has 0 aliphatic heterocycles. The molecule has 0 atom stereocenters. The van der Waals surface area contributed by atoms with E-state index in [9.17, 15) is 13.2 Å². The second-order valence-electron chi connectivity index (χ2n) is 6.06. The van der Waals surface area contributed by atoms with Crippen LogP contribution in [0.3, 0.4) is 0 Å². The summed E-state index contributed by atoms with van der Waals surface area (Å²) in [5.41, 5.74) is -0.00683. The zero-order valence-corrected chi connectivity index (χ0v) is 15.6. The summed E-state index contributed by atoms with van der Waals surface area (Å²) in [7, 11) is 1.57. The lowest BCUT2D eigenvalue weighted by Gasteiger charge is -2.11. The number of rotatable bonds is 7. The van der Waals surface area contributed by atoms with Crippen molar-refractivity contribution in [3.8, 4) is 23.0 Å². The fourth-order valence-corrected chi connectivity index (χ4v) is 2.57. The van der Waals surface area contributed by atoms with E-state index in [1.165, 1.54) is 12.1 Å². The Kier molecular flexibility index (Phi) is 6.44. The molecule has 0 saturated heterocycles. The summed E-state index contributed by atoms with van der Waals surface area (Å²) in [5.74, 6) is 2.42. The van der Waals surface area contributed by atoms with Crippen LogP contribution in [-0.4, -0.2) is 13.7 Å². The maximum absolute atomic E-state index is 12.6. The summed E-state index contributed by atoms with van der Waals surface area (Å²) < 4.78 is 54.5. The molecular weight excluding hydrogens is 381 g/mol. The van der Waals surface area contributed by atoms with Crippen LogP contribution in [0.4, 0.5) is 13.2 Å². The van der Waals surface area contributed by atoms with Gasteiger partial charge in [0, 0.05) is 6.07 Å². The smallest absolute Gasteiger partial charge is 0.416 e. The van der Waals surface area contributed by atoms with Crippen LogP contribution in [0.1, 0.15) is 11.1 Å². The van der Waals surface area contributed by atoms with Crippen LogP contribution in [0.5, 0.6) is 23.0 Å². The molecule has 0 fully saturated rings. The van der Waals surface area contributed by atoms with Crippen molar-refractivity contribution in [1.29, 1.82) is 0 Å². The van der Waals surface area contributed by atoms with Crippen molar-refractivity contribution < 1.29 is 27.4 Å². The van der Waals surface area contributed by atoms with E-state index in [2.05, 4.69) is 0 Å². The lowest BCUT2D eigenvalue weighted by atomic mass is 10.1. The van der Waals surface area contributed by atoms with E-state index in [4.69, 9.17) is 14.2 Å². The van der Waals surface area contributed by atoms with Crippen molar-refractivity contribution in [3.05, 3.63) is 90.0 Å². The van der Waals surface area contributed by atoms with E-state index >= 15 is 0 Å². The molecule has 0 amide bonds. The van der Waals surface area contributed by atoms with Crippen molar-refractivity contribution in [2.24, 2.45) is 0 Å². The van der Waals surface area contributed by atoms with Crippen molar-refractivity contribution in [2.45, 2.75) is 6.18 Å². The zero-order chi connectivity index (χ0) is 20.7. The number of methoxy groups -OCH3 is 1. The fraction of sp³-hybridized carbons (Fsp3) is 0.130. The number of hydrogen-bond acceptors (Lipinski definition) is 3. The van der Waals surface area contributed by atoms with E-state index < -0.39 is 11.7 Å². The summed E-state index contributed by atoms with van der Waals surface area (Å²) in [6.07, 6.45) is -0.895. The van der Waals surface area contributed by atoms with Gasteiger partial charge >= 0.3 is 6.18 Å². The van der Waals surface area contributed by atoms with Crippen molar-refractivity contribution >= 4 is 6.08 Å². The van der Waals surface area contributed by atoms with Crippen LogP contribution in [0.2, 0.25) is 0 Å². The summed E-state index contributed by atoms with van der Waals surface area (Å²) in [5, 5.41) is 0. The fourth-order valence-electron chi connectivity index (χ4n) is 2.57. The quantitative estimate of drug-likeness (QED) is 0.447. The molecule has 29 heavy (non-hydrogen) atoms. The van der Waals surface area contributed by atoms with Crippen LogP contribution < -0.4 is 14.2 Å². The second-order valence-corrected chi connectivity index (χ2v) is 6.06. The highest BCUT2D eigenvalue weighted by atomic mass is 19.4. The maximum atomic E-state index is 12.6. The maximum Gasteiger partial charge on any atom is 0.416 e. The Morgan fingerprint density at radius 2 is 1.52 bits per heavy atom. The third-order valence-electron chi connectivity index (χ3n) is 4.00. The summed E-state index contributed by atoms with van der Waals surface area (Å²) >= 11 is 0. The number of alkyl halides is 3. The van der Waals surface area contributed by atoms with Gasteiger partial charge in [-0.25, -0.2) is 0 Å². The topological polar surface area (TPSA) is 27.7 Å². The van der Waals surface area contributed by atoms with Gasteiger partial charge in [-0.1, -0.05) is 36.4 Å². The molecule has 3 rings (SSSR count). The normalized spacial score (nSPS) is 11.4. The van der Waals surface area contributed by atoms with E-state index in [0.717, 1.165) is 12.1 Å². The van der Waals surface area contributed by atoms with Crippen molar-refractivity contribution in [3.63, 3.8) is 0 Å². The van der Waals surface area contributed by atoms with Gasteiger partial charge < -0.3 is 14.2 Å². The summed E-state index contributed by atoms with van der Waals surface area (Å²) in [6.45, 7) is 0.263. The van der Waals surface area contributed by atoms with Crippen LogP contribution in [0.25, 0.3) is 6.08 Å². The first-order valence-corrected chi connectivity index (χ1v) is 8.83. The Morgan fingerprint density at radius 1 is 0.828 bits per heavy atom. The van der Waals surface area contributed by atoms with E-state index in [-0.39, 0.29) is 6.61 Å². The van der Waals surface area contributed by atoms with Gasteiger partial charge in [-0.15, -0.1) is 0 Å². The first-order chi connectivity index (χ1) is 14.0. The molecule has 3 aromatic carbocycles. The molecule has 0 bridgehead atoms. The van der Waals surface area contributed by atoms with Crippen LogP contribution in [0, 0.1) is 0 Å². The van der Waals surface area contributed by atoms with Crippen molar-refractivity contribution in [2.75, 3.05) is 13.7 Å². The average molecular weight is 400 g/mol. The number of para-hydroxylation sites is 2. The predicted octanol–water partition coefficient (Wildman–Crippen LogP) is 6.60. The summed E-state index contributed by atoms with van der Waals surface area (Å²) in [4.78, 5) is 0. The molecule has 0 unspecified atom stereocenters. The average Bonchev–Trinajstić information content (AvgIpc) is 2.72. The monoisotopic (exact) mass is 400 g/mol. The van der Waals surface area contributed by atoms with Crippen LogP contribution in [0.15, 0.2) is 78.9 Å². The van der Waals surface area contributed by atoms with Gasteiger partial charge in [0.1, 0.15) is 18.1 Å². The van der Waals surface area contributed by atoms with Gasteiger partial charge in [0.2, 0.25) is 0 Å². The highest BCUT2D eigenvalue weighted by molar-refractivity contribution is 5.50. The molecule has 0 aliphatic carbocycles. The number of benzene rings is 3. The molecule has 3 aromatic rings. The minimum atomic E-state index is -4.33. The molecule has 0 radical (unpaired) electrons. The summed E-state index contributed by atoms with van der Waals surface area (Å²) in [6, 6.07) is 19.4. The zero-order valence-electron chi connectivity index (χ0n) is 15.6. The Balaban J connectivity index is 1.57. The van der Waals surface area contributed by atoms with Gasteiger partial charge in [-0.3, -0.25) is 0 Å². The highest BCUT2D eigenvalue weighted by Gasteiger charge is 2.29. The lowest BCUT2D eigenvalue weighted by Crippen LogP contribution is -2.03. The number of halogens is 3. The van der Waals surface area contributed by atoms with Crippen molar-refractivity contribution in [1.82, 2.24) is 0 Å². The molecular formula is C23H19F3O3. The van der Waals surface area contributed by atoms with Gasteiger partial charge in [0.15, 0.2) is 11.5 Å². The standard InChI is InChI=1S/C23H19F3O3/c1-27-21-9-2-3-10-22(21)29-20-8-4-7-19(16-20)28-15-5-6-17-11-13-18(14-12-17)23(24,25)26/h2-14,16H,15H2,1H3/b6-5+. The van der Waals surface area contributed by atoms with Crippen LogP contribution in [-0.2, 0) is 6.18 Å². The first kappa shape index (κ1) is 20.3. The van der Waals surface area contributed by atoms with Gasteiger partial charge in [-0.2, -0.15) is 13.2 Å². The molecule has 0 saturated carbocycles. The van der Waals surface area contributed by atoms with Gasteiger partial charge in [0.25, 0.3) is 0 Å². The Morgan fingerprint density at radius 3 is 2.21 bits per heavy atom. The Bertz CT molecular complexity index is 964. The lowest BCUT2D eigenvalue weighted by molar-refractivity contribution is -0.137. The number of hydrogen-bond donors (Lipinski definition) is 0. The third kappa shape index (κ3) is 5.78. The highest BCUT2D eigenvalue weighted by Crippen LogP contribution is 2.32. The number of ether oxygens (including phenoxy) is 3. The second kappa shape index (κ2) is 9.19. The van der Waals surface area contributed by atoms with Gasteiger partial charge in [-0.05, 0) is 48.0 Å². The minimum Gasteiger partial charge on any atom is -0.493 e. The van der Waals surface area contributed by atoms with Gasteiger partial charge in [0.05, 0.1) is 12.7 Å². The van der Waals surface area contributed by atoms with E-state index in [0.29, 0.717) is 28.6 Å². The first-order valence-electron chi connectivity index (χ1n) is 8.83. The molecule has 150 valence electrons. The molecule has 0 heterocycles. The Labute approximate surface area is 167 Å². The molecule has 6 heteroatoms. The SMILES string of the molecule is COc1ccccc1Oc1cccc(OC/C=C/c2ccc(C(F)(F)F)cc2)c1.